The third-order valence-electron chi connectivity index (χ3n) is 2.79. The zero-order valence-corrected chi connectivity index (χ0v) is 11.2. The van der Waals surface area contributed by atoms with Crippen LogP contribution in [-0.2, 0) is 6.61 Å². The molecule has 2 nitrogen and oxygen atoms in total. The van der Waals surface area contributed by atoms with E-state index in [1.807, 2.05) is 0 Å². The van der Waals surface area contributed by atoms with Crippen molar-refractivity contribution >= 4 is 11.6 Å². The van der Waals surface area contributed by atoms with E-state index in [2.05, 4.69) is 0 Å². The average Bonchev–Trinajstić information content (AvgIpc) is 2.38. The summed E-state index contributed by atoms with van der Waals surface area (Å²) in [6.07, 6.45) is -0.569. The van der Waals surface area contributed by atoms with Crippen molar-refractivity contribution in [3.8, 4) is 5.75 Å². The van der Waals surface area contributed by atoms with Gasteiger partial charge in [-0.1, -0.05) is 29.8 Å². The van der Waals surface area contributed by atoms with Gasteiger partial charge < -0.3 is 9.84 Å². The lowest BCUT2D eigenvalue weighted by atomic mass is 10.1. The van der Waals surface area contributed by atoms with Crippen LogP contribution in [0.1, 0.15) is 24.2 Å². The summed E-state index contributed by atoms with van der Waals surface area (Å²) in [5.74, 6) is 0.178. The highest BCUT2D eigenvalue weighted by atomic mass is 35.5. The molecule has 0 amide bonds. The van der Waals surface area contributed by atoms with Gasteiger partial charge >= 0.3 is 0 Å². The molecule has 2 aromatic rings. The molecule has 1 atom stereocenters. The maximum Gasteiger partial charge on any atom is 0.131 e. The van der Waals surface area contributed by atoms with Gasteiger partial charge in [0.05, 0.1) is 11.1 Å². The van der Waals surface area contributed by atoms with E-state index in [0.29, 0.717) is 16.3 Å². The number of benzene rings is 2. The third-order valence-corrected chi connectivity index (χ3v) is 3.14. The molecule has 0 heterocycles. The maximum absolute atomic E-state index is 13.6. The van der Waals surface area contributed by atoms with E-state index in [9.17, 15) is 9.50 Å². The molecular formula is C15H14ClFO2. The van der Waals surface area contributed by atoms with Crippen molar-refractivity contribution in [2.75, 3.05) is 0 Å². The Bertz CT molecular complexity index is 550. The van der Waals surface area contributed by atoms with Crippen molar-refractivity contribution in [3.05, 3.63) is 64.4 Å². The summed E-state index contributed by atoms with van der Waals surface area (Å²) in [7, 11) is 0. The minimum absolute atomic E-state index is 0.0504. The van der Waals surface area contributed by atoms with Gasteiger partial charge in [0.2, 0.25) is 0 Å². The van der Waals surface area contributed by atoms with E-state index >= 15 is 0 Å². The van der Waals surface area contributed by atoms with Gasteiger partial charge in [0.25, 0.3) is 0 Å². The molecule has 0 aliphatic heterocycles. The van der Waals surface area contributed by atoms with Crippen molar-refractivity contribution in [3.63, 3.8) is 0 Å². The second-order valence-electron chi connectivity index (χ2n) is 4.24. The zero-order valence-electron chi connectivity index (χ0n) is 10.4. The summed E-state index contributed by atoms with van der Waals surface area (Å²) < 4.78 is 19.1. The molecule has 0 unspecified atom stereocenters. The lowest BCUT2D eigenvalue weighted by Gasteiger charge is -2.11. The highest BCUT2D eigenvalue weighted by Crippen LogP contribution is 2.23. The molecule has 4 heteroatoms. The van der Waals surface area contributed by atoms with Crippen LogP contribution in [0.4, 0.5) is 4.39 Å². The standard InChI is InChI=1S/C15H14ClFO2/c1-10(18)11-4-2-5-12(8-11)19-9-13-14(16)6-3-7-15(13)17/h2-8,10,18H,9H2,1H3/t10-/m1/s1. The minimum atomic E-state index is -0.569. The summed E-state index contributed by atoms with van der Waals surface area (Å²) in [5.41, 5.74) is 1.07. The lowest BCUT2D eigenvalue weighted by Crippen LogP contribution is -2.00. The smallest absolute Gasteiger partial charge is 0.131 e. The van der Waals surface area contributed by atoms with Crippen LogP contribution in [0.5, 0.6) is 5.75 Å². The molecule has 0 radical (unpaired) electrons. The van der Waals surface area contributed by atoms with Crippen molar-refractivity contribution in [1.29, 1.82) is 0 Å². The van der Waals surface area contributed by atoms with Crippen molar-refractivity contribution in [1.82, 2.24) is 0 Å². The van der Waals surface area contributed by atoms with E-state index in [1.165, 1.54) is 6.07 Å². The van der Waals surface area contributed by atoms with E-state index in [0.717, 1.165) is 5.56 Å². The molecule has 0 aliphatic rings. The Morgan fingerprint density at radius 3 is 2.68 bits per heavy atom. The molecule has 2 aromatic carbocycles. The Kier molecular flexibility index (Phi) is 4.40. The van der Waals surface area contributed by atoms with Crippen LogP contribution >= 0.6 is 11.6 Å². The van der Waals surface area contributed by atoms with Crippen LogP contribution in [-0.4, -0.2) is 5.11 Å². The van der Waals surface area contributed by atoms with Gasteiger partial charge in [-0.2, -0.15) is 0 Å². The summed E-state index contributed by atoms with van der Waals surface area (Å²) in [6, 6.07) is 11.6. The first kappa shape index (κ1) is 13.8. The Morgan fingerprint density at radius 1 is 1.26 bits per heavy atom. The van der Waals surface area contributed by atoms with Gasteiger partial charge in [-0.25, -0.2) is 4.39 Å². The van der Waals surface area contributed by atoms with Gasteiger partial charge in [-0.05, 0) is 36.8 Å². The second kappa shape index (κ2) is 6.04. The fourth-order valence-electron chi connectivity index (χ4n) is 1.69. The molecule has 0 saturated carbocycles. The number of halogens is 2. The molecule has 100 valence electrons. The summed E-state index contributed by atoms with van der Waals surface area (Å²) >= 11 is 5.92. The van der Waals surface area contributed by atoms with E-state index < -0.39 is 6.10 Å². The van der Waals surface area contributed by atoms with Crippen molar-refractivity contribution in [2.45, 2.75) is 19.6 Å². The lowest BCUT2D eigenvalue weighted by molar-refractivity contribution is 0.198. The van der Waals surface area contributed by atoms with Crippen LogP contribution in [0.3, 0.4) is 0 Å². The summed E-state index contributed by atoms with van der Waals surface area (Å²) in [4.78, 5) is 0. The molecule has 0 fully saturated rings. The molecular weight excluding hydrogens is 267 g/mol. The highest BCUT2D eigenvalue weighted by molar-refractivity contribution is 6.31. The number of aliphatic hydroxyl groups is 1. The Hall–Kier alpha value is -1.58. The van der Waals surface area contributed by atoms with Crippen LogP contribution in [0.2, 0.25) is 5.02 Å². The van der Waals surface area contributed by atoms with Gasteiger partial charge in [-0.15, -0.1) is 0 Å². The predicted octanol–water partition coefficient (Wildman–Crippen LogP) is 4.11. The van der Waals surface area contributed by atoms with Gasteiger partial charge in [0.1, 0.15) is 18.2 Å². The number of rotatable bonds is 4. The quantitative estimate of drug-likeness (QED) is 0.913. The Labute approximate surface area is 116 Å². The fourth-order valence-corrected chi connectivity index (χ4v) is 1.91. The minimum Gasteiger partial charge on any atom is -0.489 e. The van der Waals surface area contributed by atoms with Gasteiger partial charge in [-0.3, -0.25) is 0 Å². The largest absolute Gasteiger partial charge is 0.489 e. The van der Waals surface area contributed by atoms with Gasteiger partial charge in [0.15, 0.2) is 0 Å². The molecule has 2 rings (SSSR count). The number of hydrogen-bond acceptors (Lipinski definition) is 2. The van der Waals surface area contributed by atoms with E-state index in [1.54, 1.807) is 43.3 Å². The van der Waals surface area contributed by atoms with Crippen LogP contribution in [0.25, 0.3) is 0 Å². The van der Waals surface area contributed by atoms with Gasteiger partial charge in [0, 0.05) is 5.56 Å². The first-order chi connectivity index (χ1) is 9.08. The molecule has 1 N–H and O–H groups in total. The first-order valence-corrected chi connectivity index (χ1v) is 6.29. The topological polar surface area (TPSA) is 29.5 Å². The molecule has 0 spiro atoms. The summed E-state index contributed by atoms with van der Waals surface area (Å²) in [5, 5.41) is 9.82. The zero-order chi connectivity index (χ0) is 13.8. The maximum atomic E-state index is 13.6. The molecule has 19 heavy (non-hydrogen) atoms. The van der Waals surface area contributed by atoms with E-state index in [4.69, 9.17) is 16.3 Å². The SMILES string of the molecule is C[C@@H](O)c1cccc(OCc2c(F)cccc2Cl)c1. The summed E-state index contributed by atoms with van der Waals surface area (Å²) in [6.45, 7) is 1.72. The number of aliphatic hydroxyl groups excluding tert-OH is 1. The normalized spacial score (nSPS) is 12.2. The molecule has 0 aromatic heterocycles. The van der Waals surface area contributed by atoms with Crippen molar-refractivity contribution in [2.24, 2.45) is 0 Å². The fraction of sp³-hybridized carbons (Fsp3) is 0.200. The van der Waals surface area contributed by atoms with Crippen LogP contribution in [0.15, 0.2) is 42.5 Å². The highest BCUT2D eigenvalue weighted by Gasteiger charge is 2.08. The average molecular weight is 281 g/mol. The predicted molar refractivity (Wildman–Crippen MR) is 72.8 cm³/mol. The second-order valence-corrected chi connectivity index (χ2v) is 4.64. The van der Waals surface area contributed by atoms with Crippen LogP contribution in [0, 0.1) is 5.82 Å². The third kappa shape index (κ3) is 3.46. The Balaban J connectivity index is 2.12. The molecule has 0 saturated heterocycles. The Morgan fingerprint density at radius 2 is 2.00 bits per heavy atom. The number of ether oxygens (including phenoxy) is 1. The number of hydrogen-bond donors (Lipinski definition) is 1. The monoisotopic (exact) mass is 280 g/mol. The van der Waals surface area contributed by atoms with Crippen LogP contribution < -0.4 is 4.74 Å². The molecule has 0 bridgehead atoms. The molecule has 0 aliphatic carbocycles. The first-order valence-electron chi connectivity index (χ1n) is 5.91. The van der Waals surface area contributed by atoms with E-state index in [-0.39, 0.29) is 12.4 Å². The van der Waals surface area contributed by atoms with Crippen molar-refractivity contribution < 1.29 is 14.2 Å².